The SMILES string of the molecule is CN1CCCc2cc(N(C)/N=C/c3cccc[n+]3C)c(O)cc21. The molecule has 1 N–H and O–H groups in total. The van der Waals surface area contributed by atoms with Gasteiger partial charge in [0.2, 0.25) is 5.69 Å². The number of pyridine rings is 1. The Morgan fingerprint density at radius 2 is 2.17 bits per heavy atom. The highest BCUT2D eigenvalue weighted by molar-refractivity contribution is 5.77. The molecular weight excluding hydrogens is 288 g/mol. The number of anilines is 2. The van der Waals surface area contributed by atoms with Gasteiger partial charge in [-0.1, -0.05) is 0 Å². The molecule has 120 valence electrons. The lowest BCUT2D eigenvalue weighted by Crippen LogP contribution is -2.32. The van der Waals surface area contributed by atoms with Gasteiger partial charge in [-0.25, -0.2) is 4.57 Å². The molecule has 0 fully saturated rings. The van der Waals surface area contributed by atoms with E-state index >= 15 is 0 Å². The number of aromatic nitrogens is 1. The summed E-state index contributed by atoms with van der Waals surface area (Å²) in [6, 6.07) is 9.85. The van der Waals surface area contributed by atoms with Gasteiger partial charge in [0, 0.05) is 44.5 Å². The molecule has 1 aliphatic rings. The zero-order chi connectivity index (χ0) is 16.4. The van der Waals surface area contributed by atoms with Gasteiger partial charge in [0.1, 0.15) is 24.7 Å². The van der Waals surface area contributed by atoms with Gasteiger partial charge in [0.15, 0.2) is 6.20 Å². The topological polar surface area (TPSA) is 43.0 Å². The van der Waals surface area contributed by atoms with E-state index in [1.54, 1.807) is 11.2 Å². The average molecular weight is 311 g/mol. The number of aryl methyl sites for hydroxylation is 2. The zero-order valence-corrected chi connectivity index (χ0v) is 13.9. The van der Waals surface area contributed by atoms with Crippen LogP contribution in [0.25, 0.3) is 0 Å². The fourth-order valence-electron chi connectivity index (χ4n) is 2.93. The summed E-state index contributed by atoms with van der Waals surface area (Å²) in [6.07, 6.45) is 5.96. The first-order chi connectivity index (χ1) is 11.1. The van der Waals surface area contributed by atoms with Gasteiger partial charge < -0.3 is 10.0 Å². The van der Waals surface area contributed by atoms with Gasteiger partial charge in [-0.15, -0.1) is 0 Å². The Morgan fingerprint density at radius 3 is 2.96 bits per heavy atom. The number of phenolic OH excluding ortho intramolecular Hbond substituents is 1. The van der Waals surface area contributed by atoms with E-state index in [2.05, 4.69) is 17.0 Å². The number of benzene rings is 1. The molecular formula is C18H23N4O+. The summed E-state index contributed by atoms with van der Waals surface area (Å²) < 4.78 is 2.00. The molecule has 5 nitrogen and oxygen atoms in total. The van der Waals surface area contributed by atoms with Crippen LogP contribution in [-0.4, -0.2) is 32.0 Å². The average Bonchev–Trinajstić information content (AvgIpc) is 2.54. The van der Waals surface area contributed by atoms with Gasteiger partial charge in [0.05, 0.1) is 0 Å². The summed E-state index contributed by atoms with van der Waals surface area (Å²) in [5, 5.41) is 16.5. The van der Waals surface area contributed by atoms with Crippen molar-refractivity contribution in [1.82, 2.24) is 0 Å². The fourth-order valence-corrected chi connectivity index (χ4v) is 2.93. The molecule has 0 bridgehead atoms. The van der Waals surface area contributed by atoms with Crippen molar-refractivity contribution in [2.45, 2.75) is 12.8 Å². The summed E-state index contributed by atoms with van der Waals surface area (Å²) in [7, 11) is 5.90. The first kappa shape index (κ1) is 15.3. The molecule has 3 rings (SSSR count). The minimum absolute atomic E-state index is 0.259. The molecule has 5 heteroatoms. The molecule has 2 aromatic rings. The van der Waals surface area contributed by atoms with Crippen LogP contribution in [0, 0.1) is 0 Å². The molecule has 1 aliphatic heterocycles. The summed E-state index contributed by atoms with van der Waals surface area (Å²) in [5.41, 5.74) is 4.11. The third kappa shape index (κ3) is 3.13. The second-order valence-corrected chi connectivity index (χ2v) is 6.00. The van der Waals surface area contributed by atoms with Gasteiger partial charge in [-0.05, 0) is 30.5 Å². The molecule has 0 amide bonds. The molecule has 0 unspecified atom stereocenters. The molecule has 0 saturated carbocycles. The van der Waals surface area contributed by atoms with E-state index in [1.807, 2.05) is 55.2 Å². The third-order valence-corrected chi connectivity index (χ3v) is 4.33. The number of nitrogens with zero attached hydrogens (tertiary/aromatic N) is 4. The highest BCUT2D eigenvalue weighted by atomic mass is 16.3. The number of fused-ring (bicyclic) bond motifs is 1. The highest BCUT2D eigenvalue weighted by Crippen LogP contribution is 2.36. The summed E-state index contributed by atoms with van der Waals surface area (Å²) in [5.74, 6) is 0.259. The number of aromatic hydroxyl groups is 1. The molecule has 1 aromatic heterocycles. The number of hydrogen-bond acceptors (Lipinski definition) is 4. The molecule has 0 saturated heterocycles. The molecule has 0 spiro atoms. The van der Waals surface area contributed by atoms with Crippen LogP contribution < -0.4 is 14.5 Å². The summed E-state index contributed by atoms with van der Waals surface area (Å²) in [6.45, 7) is 1.03. The highest BCUT2D eigenvalue weighted by Gasteiger charge is 2.18. The quantitative estimate of drug-likeness (QED) is 0.536. The van der Waals surface area contributed by atoms with Crippen LogP contribution in [0.5, 0.6) is 5.75 Å². The van der Waals surface area contributed by atoms with E-state index in [0.29, 0.717) is 0 Å². The van der Waals surface area contributed by atoms with Crippen molar-refractivity contribution in [2.24, 2.45) is 12.1 Å². The van der Waals surface area contributed by atoms with Crippen molar-refractivity contribution in [3.05, 3.63) is 47.8 Å². The molecule has 0 aliphatic carbocycles. The Bertz CT molecular complexity index is 742. The minimum atomic E-state index is 0.259. The molecule has 2 heterocycles. The van der Waals surface area contributed by atoms with E-state index in [9.17, 15) is 5.11 Å². The van der Waals surface area contributed by atoms with Gasteiger partial charge >= 0.3 is 0 Å². The standard InChI is InChI=1S/C18H22N4O/c1-20-9-5-4-8-15(20)13-19-22(3)17-11-14-7-6-10-21(2)16(14)12-18(17)23/h4-5,8-9,11-13H,6-7,10H2,1-3H3/p+1. The Labute approximate surface area is 137 Å². The van der Waals surface area contributed by atoms with Gasteiger partial charge in [0.25, 0.3) is 0 Å². The van der Waals surface area contributed by atoms with Crippen molar-refractivity contribution < 1.29 is 9.67 Å². The molecule has 23 heavy (non-hydrogen) atoms. The van der Waals surface area contributed by atoms with Crippen LogP contribution in [0.2, 0.25) is 0 Å². The number of rotatable bonds is 3. The van der Waals surface area contributed by atoms with E-state index < -0.39 is 0 Å². The van der Waals surface area contributed by atoms with Crippen molar-refractivity contribution >= 4 is 17.6 Å². The maximum atomic E-state index is 10.4. The predicted molar refractivity (Wildman–Crippen MR) is 93.3 cm³/mol. The summed E-state index contributed by atoms with van der Waals surface area (Å²) in [4.78, 5) is 2.19. The van der Waals surface area contributed by atoms with Crippen molar-refractivity contribution in [2.75, 3.05) is 30.5 Å². The van der Waals surface area contributed by atoms with Crippen molar-refractivity contribution in [3.63, 3.8) is 0 Å². The number of phenols is 1. The number of hydrazone groups is 1. The van der Waals surface area contributed by atoms with Crippen LogP contribution in [0.1, 0.15) is 17.7 Å². The Morgan fingerprint density at radius 1 is 1.35 bits per heavy atom. The van der Waals surface area contributed by atoms with Crippen LogP contribution in [0.3, 0.4) is 0 Å². The first-order valence-corrected chi connectivity index (χ1v) is 7.85. The van der Waals surface area contributed by atoms with Crippen LogP contribution in [0.15, 0.2) is 41.6 Å². The van der Waals surface area contributed by atoms with E-state index in [-0.39, 0.29) is 5.75 Å². The van der Waals surface area contributed by atoms with Gasteiger partial charge in [-0.2, -0.15) is 5.10 Å². The monoisotopic (exact) mass is 311 g/mol. The maximum Gasteiger partial charge on any atom is 0.225 e. The molecule has 0 atom stereocenters. The van der Waals surface area contributed by atoms with Crippen LogP contribution in [0.4, 0.5) is 11.4 Å². The smallest absolute Gasteiger partial charge is 0.225 e. The molecule has 0 radical (unpaired) electrons. The van der Waals surface area contributed by atoms with Gasteiger partial charge in [-0.3, -0.25) is 5.01 Å². The lowest BCUT2D eigenvalue weighted by atomic mass is 10.0. The Balaban J connectivity index is 1.88. The Kier molecular flexibility index (Phi) is 4.19. The maximum absolute atomic E-state index is 10.4. The first-order valence-electron chi connectivity index (χ1n) is 7.85. The second-order valence-electron chi connectivity index (χ2n) is 6.00. The van der Waals surface area contributed by atoms with E-state index in [0.717, 1.165) is 36.5 Å². The third-order valence-electron chi connectivity index (χ3n) is 4.33. The fraction of sp³-hybridized carbons (Fsp3) is 0.333. The number of hydrogen-bond donors (Lipinski definition) is 1. The van der Waals surface area contributed by atoms with E-state index in [1.165, 1.54) is 5.56 Å². The van der Waals surface area contributed by atoms with E-state index in [4.69, 9.17) is 0 Å². The lowest BCUT2D eigenvalue weighted by molar-refractivity contribution is -0.672. The zero-order valence-electron chi connectivity index (χ0n) is 13.9. The largest absolute Gasteiger partial charge is 0.506 e. The predicted octanol–water partition coefficient (Wildman–Crippen LogP) is 2.07. The molecule has 1 aromatic carbocycles. The Hall–Kier alpha value is -2.56. The van der Waals surface area contributed by atoms with Crippen LogP contribution in [-0.2, 0) is 13.5 Å². The normalized spacial score (nSPS) is 14.1. The van der Waals surface area contributed by atoms with Crippen molar-refractivity contribution in [3.8, 4) is 5.75 Å². The van der Waals surface area contributed by atoms with Crippen LogP contribution >= 0.6 is 0 Å². The summed E-state index contributed by atoms with van der Waals surface area (Å²) >= 11 is 0. The second kappa shape index (κ2) is 6.28. The van der Waals surface area contributed by atoms with Crippen molar-refractivity contribution in [1.29, 1.82) is 0 Å². The minimum Gasteiger partial charge on any atom is -0.506 e. The lowest BCUT2D eigenvalue weighted by Gasteiger charge is -2.29.